The maximum absolute atomic E-state index is 13.9. The van der Waals surface area contributed by atoms with Crippen LogP contribution in [0.25, 0.3) is 0 Å². The molecule has 0 aromatic heterocycles. The third-order valence-electron chi connectivity index (χ3n) is 3.34. The maximum Gasteiger partial charge on any atom is 0.243 e. The summed E-state index contributed by atoms with van der Waals surface area (Å²) in [5.41, 5.74) is 5.69. The Labute approximate surface area is 125 Å². The van der Waals surface area contributed by atoms with Crippen LogP contribution in [-0.4, -0.2) is 25.7 Å². The average Bonchev–Trinajstić information content (AvgIpc) is 2.36. The summed E-state index contributed by atoms with van der Waals surface area (Å²) in [5.74, 6) is -0.892. The number of halogens is 2. The number of nitrogen functional groups attached to an aromatic ring is 1. The minimum atomic E-state index is -4.06. The molecular formula is C12H16BrFN2O3S. The number of nitrogens with two attached hydrogens (primary N) is 1. The van der Waals surface area contributed by atoms with Crippen LogP contribution in [0, 0.1) is 5.82 Å². The maximum atomic E-state index is 13.9. The summed E-state index contributed by atoms with van der Waals surface area (Å²) in [7, 11) is -4.06. The fourth-order valence-corrected chi connectivity index (χ4v) is 4.34. The molecule has 112 valence electrons. The molecule has 20 heavy (non-hydrogen) atoms. The van der Waals surface area contributed by atoms with Crippen LogP contribution in [0.2, 0.25) is 0 Å². The Bertz CT molecular complexity index is 609. The van der Waals surface area contributed by atoms with Crippen molar-refractivity contribution in [3.63, 3.8) is 0 Å². The zero-order valence-electron chi connectivity index (χ0n) is 10.6. The van der Waals surface area contributed by atoms with E-state index in [0.717, 1.165) is 18.9 Å². The first-order valence-electron chi connectivity index (χ1n) is 6.26. The Morgan fingerprint density at radius 2 is 2.00 bits per heavy atom. The van der Waals surface area contributed by atoms with Crippen LogP contribution < -0.4 is 10.5 Å². The largest absolute Gasteiger partial charge is 0.399 e. The second-order valence-electron chi connectivity index (χ2n) is 4.89. The highest BCUT2D eigenvalue weighted by Crippen LogP contribution is 2.27. The van der Waals surface area contributed by atoms with E-state index >= 15 is 0 Å². The van der Waals surface area contributed by atoms with Gasteiger partial charge in [0, 0.05) is 11.7 Å². The van der Waals surface area contributed by atoms with Crippen molar-refractivity contribution in [1.29, 1.82) is 0 Å². The van der Waals surface area contributed by atoms with Gasteiger partial charge in [0.15, 0.2) is 5.82 Å². The number of sulfonamides is 1. The molecule has 0 heterocycles. The topological polar surface area (TPSA) is 92.4 Å². The molecule has 8 heteroatoms. The molecule has 0 bridgehead atoms. The summed E-state index contributed by atoms with van der Waals surface area (Å²) in [6.07, 6.45) is 2.01. The predicted molar refractivity (Wildman–Crippen MR) is 77.1 cm³/mol. The van der Waals surface area contributed by atoms with Gasteiger partial charge >= 0.3 is 0 Å². The minimum absolute atomic E-state index is 0.0120. The molecule has 1 aliphatic carbocycles. The Balaban J connectivity index is 2.31. The van der Waals surface area contributed by atoms with Crippen molar-refractivity contribution in [2.75, 3.05) is 5.73 Å². The third kappa shape index (κ3) is 3.30. The number of hydrogen-bond donors (Lipinski definition) is 3. The van der Waals surface area contributed by atoms with E-state index in [1.165, 1.54) is 6.07 Å². The van der Waals surface area contributed by atoms with Gasteiger partial charge in [-0.15, -0.1) is 0 Å². The van der Waals surface area contributed by atoms with Crippen LogP contribution in [0.15, 0.2) is 21.5 Å². The summed E-state index contributed by atoms with van der Waals surface area (Å²) in [6, 6.07) is 1.77. The summed E-state index contributed by atoms with van der Waals surface area (Å²) in [6.45, 7) is 0. The van der Waals surface area contributed by atoms with Crippen molar-refractivity contribution in [2.45, 2.75) is 42.7 Å². The van der Waals surface area contributed by atoms with E-state index in [1.807, 2.05) is 0 Å². The van der Waals surface area contributed by atoms with Gasteiger partial charge in [0.25, 0.3) is 0 Å². The van der Waals surface area contributed by atoms with Gasteiger partial charge in [-0.1, -0.05) is 12.8 Å². The van der Waals surface area contributed by atoms with Crippen LogP contribution in [0.5, 0.6) is 0 Å². The molecule has 2 rings (SSSR count). The van der Waals surface area contributed by atoms with Crippen molar-refractivity contribution in [3.8, 4) is 0 Å². The van der Waals surface area contributed by atoms with Crippen LogP contribution in [0.3, 0.4) is 0 Å². The van der Waals surface area contributed by atoms with Crippen LogP contribution in [0.1, 0.15) is 25.7 Å². The van der Waals surface area contributed by atoms with Gasteiger partial charge in [-0.25, -0.2) is 17.5 Å². The molecule has 2 unspecified atom stereocenters. The lowest BCUT2D eigenvalue weighted by Gasteiger charge is -2.28. The molecular weight excluding hydrogens is 351 g/mol. The molecule has 0 radical (unpaired) electrons. The van der Waals surface area contributed by atoms with Gasteiger partial charge in [-0.2, -0.15) is 0 Å². The van der Waals surface area contributed by atoms with Gasteiger partial charge in [-0.3, -0.25) is 0 Å². The predicted octanol–water partition coefficient (Wildman–Crippen LogP) is 1.75. The molecule has 0 aliphatic heterocycles. The van der Waals surface area contributed by atoms with Crippen LogP contribution >= 0.6 is 15.9 Å². The SMILES string of the molecule is Nc1cc(Br)c(F)c(S(=O)(=O)NC2CCCCC2O)c1. The standard InChI is InChI=1S/C12H16BrFN2O3S/c13-8-5-7(15)6-11(12(8)14)20(18,19)16-9-3-1-2-4-10(9)17/h5-6,9-10,16-17H,1-4,15H2. The molecule has 2 atom stereocenters. The minimum Gasteiger partial charge on any atom is -0.399 e. The molecule has 0 amide bonds. The first-order valence-corrected chi connectivity index (χ1v) is 8.54. The Hall–Kier alpha value is -0.700. The van der Waals surface area contributed by atoms with Crippen molar-refractivity contribution >= 4 is 31.6 Å². The zero-order chi connectivity index (χ0) is 14.9. The van der Waals surface area contributed by atoms with Crippen molar-refractivity contribution < 1.29 is 17.9 Å². The van der Waals surface area contributed by atoms with Crippen molar-refractivity contribution in [1.82, 2.24) is 4.72 Å². The van der Waals surface area contributed by atoms with Crippen LogP contribution in [0.4, 0.5) is 10.1 Å². The zero-order valence-corrected chi connectivity index (χ0v) is 13.0. The second-order valence-corrected chi connectivity index (χ2v) is 7.43. The van der Waals surface area contributed by atoms with Gasteiger partial charge in [0.2, 0.25) is 10.0 Å². The number of rotatable bonds is 3. The Morgan fingerprint density at radius 1 is 1.35 bits per heavy atom. The lowest BCUT2D eigenvalue weighted by molar-refractivity contribution is 0.101. The highest BCUT2D eigenvalue weighted by Gasteiger charge is 2.30. The molecule has 1 aliphatic rings. The normalized spacial score (nSPS) is 23.8. The molecule has 1 fully saturated rings. The molecule has 0 saturated heterocycles. The van der Waals surface area contributed by atoms with Crippen molar-refractivity contribution in [3.05, 3.63) is 22.4 Å². The second kappa shape index (κ2) is 5.97. The molecule has 4 N–H and O–H groups in total. The summed E-state index contributed by atoms with van der Waals surface area (Å²) in [4.78, 5) is -0.512. The smallest absolute Gasteiger partial charge is 0.243 e. The van der Waals surface area contributed by atoms with E-state index in [0.29, 0.717) is 12.8 Å². The highest BCUT2D eigenvalue weighted by atomic mass is 79.9. The van der Waals surface area contributed by atoms with Gasteiger partial charge in [-0.05, 0) is 40.9 Å². The molecule has 1 aromatic rings. The molecule has 0 spiro atoms. The average molecular weight is 367 g/mol. The van der Waals surface area contributed by atoms with E-state index < -0.39 is 32.9 Å². The number of hydrogen-bond acceptors (Lipinski definition) is 4. The van der Waals surface area contributed by atoms with Gasteiger partial charge in [0.05, 0.1) is 10.6 Å². The van der Waals surface area contributed by atoms with Crippen molar-refractivity contribution in [2.24, 2.45) is 0 Å². The molecule has 5 nitrogen and oxygen atoms in total. The summed E-state index contributed by atoms with van der Waals surface area (Å²) >= 11 is 2.93. The summed E-state index contributed by atoms with van der Waals surface area (Å²) < 4.78 is 40.8. The quantitative estimate of drug-likeness (QED) is 0.710. The monoisotopic (exact) mass is 366 g/mol. The Kier molecular flexibility index (Phi) is 4.68. The lowest BCUT2D eigenvalue weighted by atomic mass is 9.93. The first kappa shape index (κ1) is 15.7. The number of aliphatic hydroxyl groups is 1. The van der Waals surface area contributed by atoms with Crippen LogP contribution in [-0.2, 0) is 10.0 Å². The number of aliphatic hydroxyl groups excluding tert-OH is 1. The fraction of sp³-hybridized carbons (Fsp3) is 0.500. The Morgan fingerprint density at radius 3 is 2.65 bits per heavy atom. The summed E-state index contributed by atoms with van der Waals surface area (Å²) in [5, 5.41) is 9.80. The molecule has 1 saturated carbocycles. The lowest BCUT2D eigenvalue weighted by Crippen LogP contribution is -2.45. The first-order chi connectivity index (χ1) is 9.31. The van der Waals surface area contributed by atoms with Gasteiger partial charge < -0.3 is 10.8 Å². The number of nitrogens with one attached hydrogen (secondary N) is 1. The van der Waals surface area contributed by atoms with E-state index in [-0.39, 0.29) is 10.2 Å². The van der Waals surface area contributed by atoms with Gasteiger partial charge in [0.1, 0.15) is 4.90 Å². The van der Waals surface area contributed by atoms with E-state index in [4.69, 9.17) is 5.73 Å². The molecule has 1 aromatic carbocycles. The van der Waals surface area contributed by atoms with E-state index in [2.05, 4.69) is 20.7 Å². The fourth-order valence-electron chi connectivity index (χ4n) is 2.29. The van der Waals surface area contributed by atoms with E-state index in [1.54, 1.807) is 0 Å². The van der Waals surface area contributed by atoms with E-state index in [9.17, 15) is 17.9 Å². The number of benzene rings is 1. The number of anilines is 1. The third-order valence-corrected chi connectivity index (χ3v) is 5.41. The highest BCUT2D eigenvalue weighted by molar-refractivity contribution is 9.10.